The molecule has 0 aliphatic rings. The fraction of sp³-hybridized carbons (Fsp3) is 0.524. The standard InChI is InChI=1S/C21H28F3N3O3/c1-13(2)18-10-17(26-27(18)20(3,4)5)19(29)25-11-15(28)12-30-16-8-6-7-14(9-16)21(22,23)24/h6-10,13,15,28H,11-12H2,1-5H3,(H,25,29). The molecule has 2 rings (SSSR count). The van der Waals surface area contributed by atoms with Gasteiger partial charge < -0.3 is 15.2 Å². The summed E-state index contributed by atoms with van der Waals surface area (Å²) in [7, 11) is 0. The van der Waals surface area contributed by atoms with Crippen LogP contribution in [0.15, 0.2) is 30.3 Å². The molecule has 0 fully saturated rings. The molecule has 0 bridgehead atoms. The quantitative estimate of drug-likeness (QED) is 0.702. The number of halogens is 3. The number of hydrogen-bond donors (Lipinski definition) is 2. The first-order chi connectivity index (χ1) is 13.8. The molecule has 1 aromatic heterocycles. The van der Waals surface area contributed by atoms with Gasteiger partial charge in [-0.25, -0.2) is 0 Å². The summed E-state index contributed by atoms with van der Waals surface area (Å²) >= 11 is 0. The summed E-state index contributed by atoms with van der Waals surface area (Å²) < 4.78 is 45.2. The molecule has 9 heteroatoms. The number of nitrogens with one attached hydrogen (secondary N) is 1. The first-order valence-corrected chi connectivity index (χ1v) is 9.66. The number of ether oxygens (including phenoxy) is 1. The van der Waals surface area contributed by atoms with Crippen molar-refractivity contribution in [1.29, 1.82) is 0 Å². The molecular weight excluding hydrogens is 399 g/mol. The van der Waals surface area contributed by atoms with Gasteiger partial charge in [0.2, 0.25) is 0 Å². The summed E-state index contributed by atoms with van der Waals surface area (Å²) in [6.07, 6.45) is -5.57. The normalized spacial score (nSPS) is 13.4. The van der Waals surface area contributed by atoms with E-state index in [1.807, 2.05) is 34.6 Å². The lowest BCUT2D eigenvalue weighted by Crippen LogP contribution is -2.35. The van der Waals surface area contributed by atoms with Crippen LogP contribution >= 0.6 is 0 Å². The third kappa shape index (κ3) is 6.22. The maximum Gasteiger partial charge on any atom is 0.416 e. The van der Waals surface area contributed by atoms with Crippen LogP contribution < -0.4 is 10.1 Å². The zero-order chi connectivity index (χ0) is 22.7. The molecule has 1 unspecified atom stereocenters. The van der Waals surface area contributed by atoms with Gasteiger partial charge in [0, 0.05) is 12.2 Å². The Balaban J connectivity index is 1.94. The number of hydrogen-bond acceptors (Lipinski definition) is 4. The Kier molecular flexibility index (Phi) is 7.18. The van der Waals surface area contributed by atoms with Gasteiger partial charge in [-0.05, 0) is 51.0 Å². The van der Waals surface area contributed by atoms with E-state index in [-0.39, 0.29) is 36.1 Å². The molecule has 1 atom stereocenters. The molecular formula is C21H28F3N3O3. The highest BCUT2D eigenvalue weighted by atomic mass is 19.4. The molecule has 0 saturated carbocycles. The van der Waals surface area contributed by atoms with Crippen LogP contribution in [-0.4, -0.2) is 40.0 Å². The number of amides is 1. The van der Waals surface area contributed by atoms with E-state index in [9.17, 15) is 23.1 Å². The summed E-state index contributed by atoms with van der Waals surface area (Å²) in [5.74, 6) is -0.288. The van der Waals surface area contributed by atoms with E-state index in [4.69, 9.17) is 4.74 Å². The summed E-state index contributed by atoms with van der Waals surface area (Å²) in [4.78, 5) is 12.4. The molecule has 2 aromatic rings. The molecule has 0 saturated heterocycles. The van der Waals surface area contributed by atoms with Crippen LogP contribution in [0.1, 0.15) is 62.3 Å². The minimum atomic E-state index is -4.47. The minimum absolute atomic E-state index is 0.0132. The van der Waals surface area contributed by atoms with Gasteiger partial charge in [0.1, 0.15) is 24.2 Å². The zero-order valence-electron chi connectivity index (χ0n) is 17.7. The Labute approximate surface area is 174 Å². The molecule has 6 nitrogen and oxygen atoms in total. The third-order valence-electron chi connectivity index (χ3n) is 4.30. The number of nitrogens with zero attached hydrogens (tertiary/aromatic N) is 2. The number of aromatic nitrogens is 2. The van der Waals surface area contributed by atoms with E-state index in [0.717, 1.165) is 17.8 Å². The van der Waals surface area contributed by atoms with Crippen LogP contribution in [0.2, 0.25) is 0 Å². The molecule has 1 amide bonds. The molecule has 0 aliphatic carbocycles. The van der Waals surface area contributed by atoms with Gasteiger partial charge in [-0.1, -0.05) is 19.9 Å². The van der Waals surface area contributed by atoms with Crippen molar-refractivity contribution < 1.29 is 27.8 Å². The highest BCUT2D eigenvalue weighted by molar-refractivity contribution is 5.92. The smallest absolute Gasteiger partial charge is 0.416 e. The topological polar surface area (TPSA) is 76.4 Å². The Morgan fingerprint density at radius 2 is 1.90 bits per heavy atom. The van der Waals surface area contributed by atoms with Crippen LogP contribution in [0.5, 0.6) is 5.75 Å². The van der Waals surface area contributed by atoms with Gasteiger partial charge in [0.05, 0.1) is 11.1 Å². The van der Waals surface area contributed by atoms with Crippen molar-refractivity contribution in [3.05, 3.63) is 47.3 Å². The number of rotatable bonds is 7. The predicted molar refractivity (Wildman–Crippen MR) is 107 cm³/mol. The third-order valence-corrected chi connectivity index (χ3v) is 4.30. The second-order valence-corrected chi connectivity index (χ2v) is 8.39. The number of carbonyl (C=O) groups excluding carboxylic acids is 1. The molecule has 0 radical (unpaired) electrons. The second-order valence-electron chi connectivity index (χ2n) is 8.39. The summed E-state index contributed by atoms with van der Waals surface area (Å²) in [5.41, 5.74) is 0.0232. The Morgan fingerprint density at radius 1 is 1.23 bits per heavy atom. The van der Waals surface area contributed by atoms with Gasteiger partial charge in [-0.15, -0.1) is 0 Å². The van der Waals surface area contributed by atoms with E-state index in [0.29, 0.717) is 0 Å². The molecule has 1 heterocycles. The molecule has 0 spiro atoms. The van der Waals surface area contributed by atoms with Crippen molar-refractivity contribution >= 4 is 5.91 Å². The van der Waals surface area contributed by atoms with E-state index < -0.39 is 23.8 Å². The average molecular weight is 427 g/mol. The Bertz CT molecular complexity index is 870. The highest BCUT2D eigenvalue weighted by Gasteiger charge is 2.30. The SMILES string of the molecule is CC(C)c1cc(C(=O)NCC(O)COc2cccc(C(F)(F)F)c2)nn1C(C)(C)C. The average Bonchev–Trinajstić information content (AvgIpc) is 3.10. The van der Waals surface area contributed by atoms with Gasteiger partial charge in [0.15, 0.2) is 0 Å². The lowest BCUT2D eigenvalue weighted by atomic mass is 10.1. The summed E-state index contributed by atoms with van der Waals surface area (Å²) in [6.45, 7) is 9.59. The Hall–Kier alpha value is -2.55. The summed E-state index contributed by atoms with van der Waals surface area (Å²) in [6, 6.07) is 6.11. The van der Waals surface area contributed by atoms with E-state index in [1.54, 1.807) is 10.7 Å². The molecule has 30 heavy (non-hydrogen) atoms. The predicted octanol–water partition coefficient (Wildman–Crippen LogP) is 3.95. The molecule has 1 aromatic carbocycles. The number of aliphatic hydroxyl groups is 1. The molecule has 166 valence electrons. The van der Waals surface area contributed by atoms with Crippen LogP contribution in [0, 0.1) is 0 Å². The van der Waals surface area contributed by atoms with Crippen molar-refractivity contribution in [2.24, 2.45) is 0 Å². The summed E-state index contributed by atoms with van der Waals surface area (Å²) in [5, 5.41) is 17.0. The molecule has 2 N–H and O–H groups in total. The first kappa shape index (κ1) is 23.7. The minimum Gasteiger partial charge on any atom is -0.491 e. The largest absolute Gasteiger partial charge is 0.491 e. The van der Waals surface area contributed by atoms with E-state index >= 15 is 0 Å². The van der Waals surface area contributed by atoms with Crippen LogP contribution in [0.4, 0.5) is 13.2 Å². The second kappa shape index (κ2) is 9.07. The number of benzene rings is 1. The van der Waals surface area contributed by atoms with Gasteiger partial charge in [0.25, 0.3) is 5.91 Å². The van der Waals surface area contributed by atoms with Crippen LogP contribution in [-0.2, 0) is 11.7 Å². The van der Waals surface area contributed by atoms with Gasteiger partial charge in [-0.2, -0.15) is 18.3 Å². The zero-order valence-corrected chi connectivity index (χ0v) is 17.7. The van der Waals surface area contributed by atoms with Gasteiger partial charge in [-0.3, -0.25) is 9.48 Å². The van der Waals surface area contributed by atoms with Crippen molar-refractivity contribution in [3.63, 3.8) is 0 Å². The maximum absolute atomic E-state index is 12.7. The van der Waals surface area contributed by atoms with E-state index in [2.05, 4.69) is 10.4 Å². The van der Waals surface area contributed by atoms with Crippen molar-refractivity contribution in [1.82, 2.24) is 15.1 Å². The Morgan fingerprint density at radius 3 is 2.43 bits per heavy atom. The monoisotopic (exact) mass is 427 g/mol. The van der Waals surface area contributed by atoms with Crippen LogP contribution in [0.3, 0.4) is 0 Å². The lowest BCUT2D eigenvalue weighted by Gasteiger charge is -2.23. The fourth-order valence-corrected chi connectivity index (χ4v) is 2.77. The number of carbonyl (C=O) groups is 1. The fourth-order valence-electron chi connectivity index (χ4n) is 2.77. The maximum atomic E-state index is 12.7. The number of aliphatic hydroxyl groups excluding tert-OH is 1. The lowest BCUT2D eigenvalue weighted by molar-refractivity contribution is -0.137. The van der Waals surface area contributed by atoms with E-state index in [1.165, 1.54) is 12.1 Å². The van der Waals surface area contributed by atoms with Crippen molar-refractivity contribution in [3.8, 4) is 5.75 Å². The first-order valence-electron chi connectivity index (χ1n) is 9.66. The molecule has 0 aliphatic heterocycles. The highest BCUT2D eigenvalue weighted by Crippen LogP contribution is 2.31. The number of alkyl halides is 3. The van der Waals surface area contributed by atoms with Gasteiger partial charge >= 0.3 is 6.18 Å². The van der Waals surface area contributed by atoms with Crippen molar-refractivity contribution in [2.45, 2.75) is 58.4 Å². The van der Waals surface area contributed by atoms with Crippen LogP contribution in [0.25, 0.3) is 0 Å². The van der Waals surface area contributed by atoms with Crippen molar-refractivity contribution in [2.75, 3.05) is 13.2 Å².